The molecule has 0 unspecified atom stereocenters. The molecular weight excluding hydrogens is 196 g/mol. The maximum atomic E-state index is 11.7. The van der Waals surface area contributed by atoms with Gasteiger partial charge in [-0.3, -0.25) is 14.6 Å². The molecular formula is C10H16N2O3. The van der Waals surface area contributed by atoms with Crippen LogP contribution in [-0.2, 0) is 9.59 Å². The summed E-state index contributed by atoms with van der Waals surface area (Å²) in [5, 5.41) is 11.9. The molecule has 1 aliphatic carbocycles. The molecule has 1 amide bonds. The van der Waals surface area contributed by atoms with E-state index in [4.69, 9.17) is 5.11 Å². The lowest BCUT2D eigenvalue weighted by Gasteiger charge is -2.34. The van der Waals surface area contributed by atoms with Crippen molar-refractivity contribution in [3.05, 3.63) is 0 Å². The minimum Gasteiger partial charge on any atom is -0.480 e. The first-order valence-corrected chi connectivity index (χ1v) is 5.31. The van der Waals surface area contributed by atoms with Crippen molar-refractivity contribution < 1.29 is 14.7 Å². The SMILES string of the molecule is CN1N(CC(=O)O)C(=O)CC12CCCC2. The molecule has 84 valence electrons. The Balaban J connectivity index is 2.15. The van der Waals surface area contributed by atoms with E-state index >= 15 is 0 Å². The number of amides is 1. The maximum absolute atomic E-state index is 11.7. The van der Waals surface area contributed by atoms with Crippen LogP contribution in [0, 0.1) is 0 Å². The van der Waals surface area contributed by atoms with Gasteiger partial charge in [0.15, 0.2) is 0 Å². The van der Waals surface area contributed by atoms with Crippen LogP contribution in [0.1, 0.15) is 32.1 Å². The van der Waals surface area contributed by atoms with Gasteiger partial charge in [-0.1, -0.05) is 12.8 Å². The maximum Gasteiger partial charge on any atom is 0.324 e. The van der Waals surface area contributed by atoms with Gasteiger partial charge in [0.2, 0.25) is 5.91 Å². The predicted molar refractivity (Wildman–Crippen MR) is 52.9 cm³/mol. The highest BCUT2D eigenvalue weighted by molar-refractivity contribution is 5.83. The Bertz CT molecular complexity index is 297. The monoisotopic (exact) mass is 212 g/mol. The molecule has 1 saturated heterocycles. The Hall–Kier alpha value is -1.10. The van der Waals surface area contributed by atoms with E-state index < -0.39 is 5.97 Å². The summed E-state index contributed by atoms with van der Waals surface area (Å²) in [6.45, 7) is -0.211. The second-order valence-corrected chi connectivity index (χ2v) is 4.48. The smallest absolute Gasteiger partial charge is 0.324 e. The van der Waals surface area contributed by atoms with Crippen LogP contribution < -0.4 is 0 Å². The summed E-state index contributed by atoms with van der Waals surface area (Å²) in [5.74, 6) is -1.01. The minimum absolute atomic E-state index is 0.0539. The van der Waals surface area contributed by atoms with Crippen molar-refractivity contribution in [3.63, 3.8) is 0 Å². The van der Waals surface area contributed by atoms with Crippen molar-refractivity contribution in [2.45, 2.75) is 37.6 Å². The van der Waals surface area contributed by atoms with Crippen LogP contribution in [0.25, 0.3) is 0 Å². The van der Waals surface area contributed by atoms with Crippen molar-refractivity contribution in [2.75, 3.05) is 13.6 Å². The first-order chi connectivity index (χ1) is 7.05. The zero-order valence-corrected chi connectivity index (χ0v) is 8.90. The van der Waals surface area contributed by atoms with Gasteiger partial charge in [-0.2, -0.15) is 0 Å². The fourth-order valence-corrected chi connectivity index (χ4v) is 2.77. The fourth-order valence-electron chi connectivity index (χ4n) is 2.77. The number of carbonyl (C=O) groups excluding carboxylic acids is 1. The van der Waals surface area contributed by atoms with Crippen molar-refractivity contribution in [1.29, 1.82) is 0 Å². The number of carboxylic acid groups (broad SMARTS) is 1. The molecule has 0 atom stereocenters. The van der Waals surface area contributed by atoms with E-state index in [0.717, 1.165) is 25.7 Å². The van der Waals surface area contributed by atoms with Gasteiger partial charge in [-0.25, -0.2) is 5.01 Å². The first-order valence-electron chi connectivity index (χ1n) is 5.31. The zero-order valence-electron chi connectivity index (χ0n) is 8.90. The second kappa shape index (κ2) is 3.48. The molecule has 0 bridgehead atoms. The molecule has 1 saturated carbocycles. The summed E-state index contributed by atoms with van der Waals surface area (Å²) >= 11 is 0. The van der Waals surface area contributed by atoms with E-state index in [1.807, 2.05) is 12.1 Å². The third kappa shape index (κ3) is 1.61. The number of hydrogen-bond acceptors (Lipinski definition) is 3. The Kier molecular flexibility index (Phi) is 2.42. The second-order valence-electron chi connectivity index (χ2n) is 4.48. The third-order valence-electron chi connectivity index (χ3n) is 3.64. The Labute approximate surface area is 88.6 Å². The summed E-state index contributed by atoms with van der Waals surface area (Å²) in [6.07, 6.45) is 4.77. The van der Waals surface area contributed by atoms with Crippen molar-refractivity contribution in [1.82, 2.24) is 10.0 Å². The van der Waals surface area contributed by atoms with Gasteiger partial charge >= 0.3 is 5.97 Å². The van der Waals surface area contributed by atoms with Gasteiger partial charge in [0.05, 0.1) is 0 Å². The topological polar surface area (TPSA) is 60.9 Å². The highest BCUT2D eigenvalue weighted by Gasteiger charge is 2.49. The highest BCUT2D eigenvalue weighted by Crippen LogP contribution is 2.42. The summed E-state index contributed by atoms with van der Waals surface area (Å²) in [5.41, 5.74) is -0.0769. The summed E-state index contributed by atoms with van der Waals surface area (Å²) in [4.78, 5) is 22.3. The molecule has 5 heteroatoms. The minimum atomic E-state index is -0.953. The molecule has 1 spiro atoms. The largest absolute Gasteiger partial charge is 0.480 e. The van der Waals surface area contributed by atoms with Crippen molar-refractivity contribution in [3.8, 4) is 0 Å². The molecule has 1 heterocycles. The number of carboxylic acids is 1. The fraction of sp³-hybridized carbons (Fsp3) is 0.800. The van der Waals surface area contributed by atoms with Gasteiger partial charge in [0.25, 0.3) is 0 Å². The number of carbonyl (C=O) groups is 2. The average Bonchev–Trinajstić information content (AvgIpc) is 2.69. The van der Waals surface area contributed by atoms with Crippen LogP contribution in [0.4, 0.5) is 0 Å². The van der Waals surface area contributed by atoms with Gasteiger partial charge in [-0.05, 0) is 12.8 Å². The van der Waals surface area contributed by atoms with Crippen LogP contribution in [-0.4, -0.2) is 46.1 Å². The number of aliphatic carboxylic acids is 1. The van der Waals surface area contributed by atoms with Crippen molar-refractivity contribution >= 4 is 11.9 Å². The van der Waals surface area contributed by atoms with Crippen LogP contribution in [0.3, 0.4) is 0 Å². The lowest BCUT2D eigenvalue weighted by Crippen LogP contribution is -2.47. The average molecular weight is 212 g/mol. The van der Waals surface area contributed by atoms with Gasteiger partial charge in [-0.15, -0.1) is 0 Å². The molecule has 5 nitrogen and oxygen atoms in total. The van der Waals surface area contributed by atoms with E-state index in [9.17, 15) is 9.59 Å². The lowest BCUT2D eigenvalue weighted by atomic mass is 9.94. The van der Waals surface area contributed by atoms with Crippen LogP contribution in [0.5, 0.6) is 0 Å². The van der Waals surface area contributed by atoms with Gasteiger partial charge in [0, 0.05) is 19.0 Å². The summed E-state index contributed by atoms with van der Waals surface area (Å²) in [6, 6.07) is 0. The Morgan fingerprint density at radius 2 is 2.07 bits per heavy atom. The van der Waals surface area contributed by atoms with Crippen LogP contribution >= 0.6 is 0 Å². The lowest BCUT2D eigenvalue weighted by molar-refractivity contribution is -0.152. The van der Waals surface area contributed by atoms with E-state index in [-0.39, 0.29) is 18.0 Å². The van der Waals surface area contributed by atoms with Gasteiger partial charge in [0.1, 0.15) is 6.54 Å². The molecule has 0 aromatic heterocycles. The molecule has 15 heavy (non-hydrogen) atoms. The molecule has 0 aromatic carbocycles. The van der Waals surface area contributed by atoms with E-state index in [2.05, 4.69) is 0 Å². The molecule has 2 fully saturated rings. The highest BCUT2D eigenvalue weighted by atomic mass is 16.4. The standard InChI is InChI=1S/C10H16N2O3/c1-11-10(4-2-3-5-10)6-8(13)12(11)7-9(14)15/h2-7H2,1H3,(H,14,15). The third-order valence-corrected chi connectivity index (χ3v) is 3.64. The van der Waals surface area contributed by atoms with E-state index in [1.165, 1.54) is 5.01 Å². The zero-order chi connectivity index (χ0) is 11.1. The molecule has 2 aliphatic rings. The number of nitrogens with zero attached hydrogens (tertiary/aromatic N) is 2. The number of hydrazine groups is 1. The van der Waals surface area contributed by atoms with E-state index in [1.54, 1.807) is 0 Å². The van der Waals surface area contributed by atoms with Crippen LogP contribution in [0.15, 0.2) is 0 Å². The number of rotatable bonds is 2. The first kappa shape index (κ1) is 10.4. The quantitative estimate of drug-likeness (QED) is 0.722. The predicted octanol–water partition coefficient (Wildman–Crippen LogP) is 0.463. The Morgan fingerprint density at radius 1 is 1.47 bits per heavy atom. The summed E-state index contributed by atoms with van der Waals surface area (Å²) < 4.78 is 0. The molecule has 0 aromatic rings. The molecule has 2 rings (SSSR count). The van der Waals surface area contributed by atoms with Crippen LogP contribution in [0.2, 0.25) is 0 Å². The Morgan fingerprint density at radius 3 is 2.60 bits per heavy atom. The normalized spacial score (nSPS) is 25.4. The molecule has 1 aliphatic heterocycles. The summed E-state index contributed by atoms with van der Waals surface area (Å²) in [7, 11) is 1.83. The van der Waals surface area contributed by atoms with E-state index in [0.29, 0.717) is 6.42 Å². The van der Waals surface area contributed by atoms with Crippen molar-refractivity contribution in [2.24, 2.45) is 0 Å². The van der Waals surface area contributed by atoms with Gasteiger partial charge < -0.3 is 5.11 Å². The number of hydrogen-bond donors (Lipinski definition) is 1. The molecule has 0 radical (unpaired) electrons. The molecule has 1 N–H and O–H groups in total.